The lowest BCUT2D eigenvalue weighted by Crippen LogP contribution is -2.33. The number of para-hydroxylation sites is 1. The summed E-state index contributed by atoms with van der Waals surface area (Å²) in [7, 11) is 0. The van der Waals surface area contributed by atoms with Gasteiger partial charge in [0.15, 0.2) is 0 Å². The van der Waals surface area contributed by atoms with Crippen LogP contribution < -0.4 is 15.4 Å². The van der Waals surface area contributed by atoms with Crippen LogP contribution in [-0.2, 0) is 9.59 Å². The first-order chi connectivity index (χ1) is 15.0. The van der Waals surface area contributed by atoms with Gasteiger partial charge in [-0.3, -0.25) is 14.6 Å². The Balaban J connectivity index is 1.32. The summed E-state index contributed by atoms with van der Waals surface area (Å²) in [6.07, 6.45) is 2.38. The Labute approximate surface area is 184 Å². The summed E-state index contributed by atoms with van der Waals surface area (Å²) in [5, 5.41) is 6.17. The zero-order valence-electron chi connectivity index (χ0n) is 17.1. The summed E-state index contributed by atoms with van der Waals surface area (Å²) in [4.78, 5) is 28.5. The Bertz CT molecular complexity index is 1020. The van der Waals surface area contributed by atoms with Crippen molar-refractivity contribution in [1.82, 2.24) is 10.3 Å². The minimum atomic E-state index is -0.373. The van der Waals surface area contributed by atoms with Crippen LogP contribution in [0.15, 0.2) is 60.8 Å². The van der Waals surface area contributed by atoms with E-state index in [0.29, 0.717) is 25.3 Å². The van der Waals surface area contributed by atoms with E-state index in [1.807, 2.05) is 30.3 Å². The molecule has 0 fully saturated rings. The summed E-state index contributed by atoms with van der Waals surface area (Å²) in [6.45, 7) is 2.69. The van der Waals surface area contributed by atoms with Crippen molar-refractivity contribution in [2.24, 2.45) is 0 Å². The number of fused-ring (bicyclic) bond motifs is 1. The average molecular weight is 442 g/mol. The van der Waals surface area contributed by atoms with Crippen LogP contribution in [0.3, 0.4) is 0 Å². The first kappa shape index (κ1) is 22.6. The van der Waals surface area contributed by atoms with Crippen molar-refractivity contribution in [3.8, 4) is 5.75 Å². The van der Waals surface area contributed by atoms with Crippen molar-refractivity contribution in [3.05, 3.63) is 66.6 Å². The standard InChI is InChI=1S/C23H24FN3O3S/c1-16(31-15-21(28)27-19-10-8-18(24)9-11-19)23(29)26-13-4-14-30-20-7-2-5-17-6-3-12-25-22(17)20/h2-3,5-12,16H,4,13-15H2,1H3,(H,26,29)(H,27,28). The van der Waals surface area contributed by atoms with Gasteiger partial charge >= 0.3 is 0 Å². The zero-order chi connectivity index (χ0) is 22.1. The number of hydrogen-bond donors (Lipinski definition) is 2. The minimum Gasteiger partial charge on any atom is -0.491 e. The highest BCUT2D eigenvalue weighted by Gasteiger charge is 2.15. The monoisotopic (exact) mass is 441 g/mol. The van der Waals surface area contributed by atoms with E-state index in [4.69, 9.17) is 4.74 Å². The number of nitrogens with one attached hydrogen (secondary N) is 2. The zero-order valence-corrected chi connectivity index (χ0v) is 18.0. The normalized spacial score (nSPS) is 11.7. The molecular formula is C23H24FN3O3S. The number of carbonyl (C=O) groups excluding carboxylic acids is 2. The fourth-order valence-corrected chi connectivity index (χ4v) is 3.52. The molecule has 1 aromatic heterocycles. The number of carbonyl (C=O) groups is 2. The molecule has 6 nitrogen and oxygen atoms in total. The van der Waals surface area contributed by atoms with Crippen molar-refractivity contribution >= 4 is 40.2 Å². The molecule has 0 saturated carbocycles. The number of pyridine rings is 1. The number of benzene rings is 2. The van der Waals surface area contributed by atoms with E-state index in [-0.39, 0.29) is 28.6 Å². The largest absolute Gasteiger partial charge is 0.491 e. The fourth-order valence-electron chi connectivity index (χ4n) is 2.81. The maximum Gasteiger partial charge on any atom is 0.234 e. The Morgan fingerprint density at radius 1 is 1.13 bits per heavy atom. The lowest BCUT2D eigenvalue weighted by atomic mass is 10.2. The number of ether oxygens (including phenoxy) is 1. The second kappa shape index (κ2) is 11.3. The predicted molar refractivity (Wildman–Crippen MR) is 122 cm³/mol. The summed E-state index contributed by atoms with van der Waals surface area (Å²) in [5.41, 5.74) is 1.34. The number of halogens is 1. The molecule has 2 amide bonds. The average Bonchev–Trinajstić information content (AvgIpc) is 2.78. The van der Waals surface area contributed by atoms with Gasteiger partial charge in [0.2, 0.25) is 11.8 Å². The van der Waals surface area contributed by atoms with E-state index in [0.717, 1.165) is 16.7 Å². The highest BCUT2D eigenvalue weighted by molar-refractivity contribution is 8.01. The van der Waals surface area contributed by atoms with Gasteiger partial charge in [0, 0.05) is 23.8 Å². The maximum absolute atomic E-state index is 12.9. The SMILES string of the molecule is CC(SCC(=O)Nc1ccc(F)cc1)C(=O)NCCCOc1cccc2cccnc12. The van der Waals surface area contributed by atoms with Gasteiger partial charge in [0.25, 0.3) is 0 Å². The first-order valence-corrected chi connectivity index (χ1v) is 11.0. The quantitative estimate of drug-likeness (QED) is 0.465. The van der Waals surface area contributed by atoms with Gasteiger partial charge in [-0.2, -0.15) is 0 Å². The Morgan fingerprint density at radius 2 is 1.90 bits per heavy atom. The van der Waals surface area contributed by atoms with E-state index in [1.54, 1.807) is 13.1 Å². The summed E-state index contributed by atoms with van der Waals surface area (Å²) in [5.74, 6) is 0.112. The van der Waals surface area contributed by atoms with Crippen LogP contribution in [0.25, 0.3) is 10.9 Å². The molecule has 0 aliphatic heterocycles. The van der Waals surface area contributed by atoms with Gasteiger partial charge in [0.05, 0.1) is 17.6 Å². The van der Waals surface area contributed by atoms with Crippen molar-refractivity contribution in [2.45, 2.75) is 18.6 Å². The third-order valence-electron chi connectivity index (χ3n) is 4.44. The second-order valence-corrected chi connectivity index (χ2v) is 8.16. The van der Waals surface area contributed by atoms with Crippen LogP contribution in [-0.4, -0.2) is 41.0 Å². The van der Waals surface area contributed by atoms with Gasteiger partial charge in [-0.1, -0.05) is 18.2 Å². The van der Waals surface area contributed by atoms with Crippen LogP contribution in [0.5, 0.6) is 5.75 Å². The molecule has 31 heavy (non-hydrogen) atoms. The van der Waals surface area contributed by atoms with Crippen molar-refractivity contribution in [2.75, 3.05) is 24.2 Å². The van der Waals surface area contributed by atoms with Gasteiger partial charge in [-0.25, -0.2) is 4.39 Å². The molecule has 0 saturated heterocycles. The molecule has 3 aromatic rings. The molecule has 1 atom stereocenters. The molecule has 2 aromatic carbocycles. The molecule has 162 valence electrons. The summed E-state index contributed by atoms with van der Waals surface area (Å²) < 4.78 is 18.7. The van der Waals surface area contributed by atoms with Gasteiger partial charge in [-0.15, -0.1) is 11.8 Å². The molecule has 3 rings (SSSR count). The molecule has 1 unspecified atom stereocenters. The van der Waals surface area contributed by atoms with Crippen LogP contribution >= 0.6 is 11.8 Å². The number of rotatable bonds is 10. The van der Waals surface area contributed by atoms with E-state index < -0.39 is 0 Å². The molecule has 0 bridgehead atoms. The number of aromatic nitrogens is 1. The van der Waals surface area contributed by atoms with Crippen LogP contribution in [0.4, 0.5) is 10.1 Å². The lowest BCUT2D eigenvalue weighted by molar-refractivity contribution is -0.120. The number of anilines is 1. The molecule has 2 N–H and O–H groups in total. The molecule has 0 spiro atoms. The number of thioether (sulfide) groups is 1. The molecular weight excluding hydrogens is 417 g/mol. The molecule has 0 aliphatic rings. The van der Waals surface area contributed by atoms with E-state index in [2.05, 4.69) is 15.6 Å². The Hall–Kier alpha value is -3.13. The highest BCUT2D eigenvalue weighted by Crippen LogP contribution is 2.22. The highest BCUT2D eigenvalue weighted by atomic mass is 32.2. The third kappa shape index (κ3) is 6.96. The van der Waals surface area contributed by atoms with E-state index >= 15 is 0 Å². The predicted octanol–water partition coefficient (Wildman–Crippen LogP) is 4.02. The van der Waals surface area contributed by atoms with Crippen LogP contribution in [0.2, 0.25) is 0 Å². The topological polar surface area (TPSA) is 80.3 Å². The summed E-state index contributed by atoms with van der Waals surface area (Å²) in [6, 6.07) is 15.2. The Morgan fingerprint density at radius 3 is 2.71 bits per heavy atom. The minimum absolute atomic E-state index is 0.128. The van der Waals surface area contributed by atoms with Crippen molar-refractivity contribution in [1.29, 1.82) is 0 Å². The number of amides is 2. The van der Waals surface area contributed by atoms with Crippen LogP contribution in [0, 0.1) is 5.82 Å². The molecule has 1 heterocycles. The maximum atomic E-state index is 12.9. The van der Waals surface area contributed by atoms with Crippen molar-refractivity contribution < 1.29 is 18.7 Å². The fraction of sp³-hybridized carbons (Fsp3) is 0.261. The number of hydrogen-bond acceptors (Lipinski definition) is 5. The lowest BCUT2D eigenvalue weighted by Gasteiger charge is -2.13. The van der Waals surface area contributed by atoms with Crippen LogP contribution in [0.1, 0.15) is 13.3 Å². The first-order valence-electron chi connectivity index (χ1n) is 9.94. The second-order valence-electron chi connectivity index (χ2n) is 6.83. The smallest absolute Gasteiger partial charge is 0.234 e. The molecule has 0 radical (unpaired) electrons. The van der Waals surface area contributed by atoms with Gasteiger partial charge in [-0.05, 0) is 49.7 Å². The van der Waals surface area contributed by atoms with Gasteiger partial charge < -0.3 is 15.4 Å². The van der Waals surface area contributed by atoms with Crippen molar-refractivity contribution in [3.63, 3.8) is 0 Å². The summed E-state index contributed by atoms with van der Waals surface area (Å²) >= 11 is 1.24. The Kier molecular flexibility index (Phi) is 8.23. The van der Waals surface area contributed by atoms with Gasteiger partial charge in [0.1, 0.15) is 17.1 Å². The molecule has 8 heteroatoms. The number of nitrogens with zero attached hydrogens (tertiary/aromatic N) is 1. The van der Waals surface area contributed by atoms with E-state index in [9.17, 15) is 14.0 Å². The van der Waals surface area contributed by atoms with E-state index in [1.165, 1.54) is 36.0 Å². The third-order valence-corrected chi connectivity index (χ3v) is 5.58. The molecule has 0 aliphatic carbocycles.